The van der Waals surface area contributed by atoms with Crippen molar-refractivity contribution in [3.05, 3.63) is 35.6 Å². The third-order valence-corrected chi connectivity index (χ3v) is 3.47. The van der Waals surface area contributed by atoms with Crippen LogP contribution in [0.3, 0.4) is 0 Å². The second-order valence-corrected chi connectivity index (χ2v) is 5.11. The zero-order valence-corrected chi connectivity index (χ0v) is 11.8. The molecular formula is C14H20ClFN2O. The number of hydrogen-bond acceptors (Lipinski definition) is 2. The molecule has 0 aromatic heterocycles. The van der Waals surface area contributed by atoms with Gasteiger partial charge in [-0.3, -0.25) is 4.79 Å². The number of hydrogen-bond donors (Lipinski definition) is 2. The highest BCUT2D eigenvalue weighted by molar-refractivity contribution is 5.91. The first-order chi connectivity index (χ1) is 8.54. The Morgan fingerprint density at radius 2 is 2.00 bits per heavy atom. The van der Waals surface area contributed by atoms with Crippen molar-refractivity contribution >= 4 is 18.3 Å². The average molecular weight is 287 g/mol. The SMILES string of the molecule is CC(N)CCNC(=O)C1(c2ccc(F)cc2)CC1.Cl. The first-order valence-corrected chi connectivity index (χ1v) is 6.34. The monoisotopic (exact) mass is 286 g/mol. The molecule has 5 heteroatoms. The summed E-state index contributed by atoms with van der Waals surface area (Å²) in [6, 6.07) is 6.31. The fraction of sp³-hybridized carbons (Fsp3) is 0.500. The summed E-state index contributed by atoms with van der Waals surface area (Å²) in [5.41, 5.74) is 6.12. The molecule has 1 aromatic carbocycles. The maximum absolute atomic E-state index is 12.9. The molecule has 3 nitrogen and oxygen atoms in total. The van der Waals surface area contributed by atoms with Gasteiger partial charge in [0.15, 0.2) is 0 Å². The Morgan fingerprint density at radius 1 is 1.42 bits per heavy atom. The Balaban J connectivity index is 0.00000180. The number of nitrogens with two attached hydrogens (primary N) is 1. The van der Waals surface area contributed by atoms with Crippen molar-refractivity contribution in [2.75, 3.05) is 6.54 Å². The molecule has 0 heterocycles. The van der Waals surface area contributed by atoms with E-state index in [1.54, 1.807) is 12.1 Å². The van der Waals surface area contributed by atoms with E-state index in [9.17, 15) is 9.18 Å². The third-order valence-electron chi connectivity index (χ3n) is 3.47. The van der Waals surface area contributed by atoms with Gasteiger partial charge in [-0.15, -0.1) is 12.4 Å². The largest absolute Gasteiger partial charge is 0.355 e. The number of halogens is 2. The Bertz CT molecular complexity index is 430. The Kier molecular flexibility index (Phi) is 5.32. The van der Waals surface area contributed by atoms with Crippen molar-refractivity contribution < 1.29 is 9.18 Å². The minimum absolute atomic E-state index is 0. The lowest BCUT2D eigenvalue weighted by Gasteiger charge is -2.16. The summed E-state index contributed by atoms with van der Waals surface area (Å²) in [4.78, 5) is 12.1. The van der Waals surface area contributed by atoms with E-state index >= 15 is 0 Å². The van der Waals surface area contributed by atoms with Crippen LogP contribution in [0.4, 0.5) is 4.39 Å². The molecule has 2 rings (SSSR count). The van der Waals surface area contributed by atoms with E-state index in [4.69, 9.17) is 5.73 Å². The second kappa shape index (κ2) is 6.35. The topological polar surface area (TPSA) is 55.1 Å². The quantitative estimate of drug-likeness (QED) is 0.871. The molecule has 1 saturated carbocycles. The van der Waals surface area contributed by atoms with Gasteiger partial charge in [-0.05, 0) is 43.9 Å². The summed E-state index contributed by atoms with van der Waals surface area (Å²) in [5.74, 6) is -0.235. The van der Waals surface area contributed by atoms with Crippen LogP contribution in [0.1, 0.15) is 31.7 Å². The summed E-state index contributed by atoms with van der Waals surface area (Å²) in [7, 11) is 0. The molecule has 106 valence electrons. The maximum atomic E-state index is 12.9. The molecule has 1 aliphatic rings. The van der Waals surface area contributed by atoms with Crippen LogP contribution in [0.25, 0.3) is 0 Å². The molecule has 19 heavy (non-hydrogen) atoms. The summed E-state index contributed by atoms with van der Waals surface area (Å²) < 4.78 is 12.9. The molecule has 0 radical (unpaired) electrons. The number of benzene rings is 1. The minimum Gasteiger partial charge on any atom is -0.355 e. The number of carbonyl (C=O) groups excluding carboxylic acids is 1. The predicted octanol–water partition coefficient (Wildman–Crippen LogP) is 2.13. The molecule has 0 spiro atoms. The van der Waals surface area contributed by atoms with Crippen LogP contribution in [0.2, 0.25) is 0 Å². The molecule has 0 saturated heterocycles. The zero-order valence-electron chi connectivity index (χ0n) is 11.0. The van der Waals surface area contributed by atoms with E-state index in [0.29, 0.717) is 6.54 Å². The van der Waals surface area contributed by atoms with Crippen LogP contribution >= 0.6 is 12.4 Å². The van der Waals surface area contributed by atoms with Gasteiger partial charge in [-0.2, -0.15) is 0 Å². The summed E-state index contributed by atoms with van der Waals surface area (Å²) >= 11 is 0. The average Bonchev–Trinajstić information content (AvgIpc) is 3.10. The van der Waals surface area contributed by atoms with Gasteiger partial charge in [-0.1, -0.05) is 12.1 Å². The van der Waals surface area contributed by atoms with E-state index < -0.39 is 5.41 Å². The fourth-order valence-electron chi connectivity index (χ4n) is 2.12. The number of carbonyl (C=O) groups is 1. The van der Waals surface area contributed by atoms with Gasteiger partial charge < -0.3 is 11.1 Å². The number of amides is 1. The van der Waals surface area contributed by atoms with Crippen molar-refractivity contribution in [1.29, 1.82) is 0 Å². The Morgan fingerprint density at radius 3 is 2.47 bits per heavy atom. The van der Waals surface area contributed by atoms with E-state index in [1.807, 2.05) is 6.92 Å². The lowest BCUT2D eigenvalue weighted by atomic mass is 9.95. The Hall–Kier alpha value is -1.13. The zero-order chi connectivity index (χ0) is 13.2. The van der Waals surface area contributed by atoms with Crippen molar-refractivity contribution in [2.24, 2.45) is 5.73 Å². The van der Waals surface area contributed by atoms with Crippen LogP contribution < -0.4 is 11.1 Å². The van der Waals surface area contributed by atoms with E-state index in [0.717, 1.165) is 24.8 Å². The van der Waals surface area contributed by atoms with Crippen LogP contribution in [-0.4, -0.2) is 18.5 Å². The van der Waals surface area contributed by atoms with Crippen molar-refractivity contribution in [2.45, 2.75) is 37.6 Å². The molecule has 0 bridgehead atoms. The molecule has 3 N–H and O–H groups in total. The van der Waals surface area contributed by atoms with E-state index in [2.05, 4.69) is 5.32 Å². The molecule has 1 atom stereocenters. The van der Waals surface area contributed by atoms with Gasteiger partial charge in [0.2, 0.25) is 5.91 Å². The minimum atomic E-state index is -0.425. The standard InChI is InChI=1S/C14H19FN2O.ClH/c1-10(16)6-9-17-13(18)14(7-8-14)11-2-4-12(15)5-3-11;/h2-5,10H,6-9,16H2,1H3,(H,17,18);1H. The lowest BCUT2D eigenvalue weighted by Crippen LogP contribution is -2.36. The Labute approximate surface area is 119 Å². The highest BCUT2D eigenvalue weighted by atomic mass is 35.5. The summed E-state index contributed by atoms with van der Waals surface area (Å²) in [5, 5.41) is 2.92. The second-order valence-electron chi connectivity index (χ2n) is 5.11. The van der Waals surface area contributed by atoms with E-state index in [-0.39, 0.29) is 30.2 Å². The molecular weight excluding hydrogens is 267 g/mol. The van der Waals surface area contributed by atoms with Gasteiger partial charge >= 0.3 is 0 Å². The fourth-order valence-corrected chi connectivity index (χ4v) is 2.12. The summed E-state index contributed by atoms with van der Waals surface area (Å²) in [6.07, 6.45) is 2.44. The van der Waals surface area contributed by atoms with Gasteiger partial charge in [0.1, 0.15) is 5.82 Å². The normalized spacial score (nSPS) is 17.2. The van der Waals surface area contributed by atoms with Crippen LogP contribution in [-0.2, 0) is 10.2 Å². The lowest BCUT2D eigenvalue weighted by molar-refractivity contribution is -0.123. The van der Waals surface area contributed by atoms with Crippen LogP contribution in [0.15, 0.2) is 24.3 Å². The molecule has 1 amide bonds. The van der Waals surface area contributed by atoms with Crippen LogP contribution in [0.5, 0.6) is 0 Å². The maximum Gasteiger partial charge on any atom is 0.230 e. The molecule has 1 fully saturated rings. The first-order valence-electron chi connectivity index (χ1n) is 6.34. The van der Waals surface area contributed by atoms with Gasteiger partial charge in [0.25, 0.3) is 0 Å². The molecule has 1 aromatic rings. The van der Waals surface area contributed by atoms with Crippen molar-refractivity contribution in [1.82, 2.24) is 5.32 Å². The molecule has 1 aliphatic carbocycles. The number of rotatable bonds is 5. The van der Waals surface area contributed by atoms with Crippen molar-refractivity contribution in [3.63, 3.8) is 0 Å². The smallest absolute Gasteiger partial charge is 0.230 e. The van der Waals surface area contributed by atoms with Crippen molar-refractivity contribution in [3.8, 4) is 0 Å². The van der Waals surface area contributed by atoms with Gasteiger partial charge in [-0.25, -0.2) is 4.39 Å². The van der Waals surface area contributed by atoms with E-state index in [1.165, 1.54) is 12.1 Å². The highest BCUT2D eigenvalue weighted by Gasteiger charge is 2.50. The highest BCUT2D eigenvalue weighted by Crippen LogP contribution is 2.48. The molecule has 0 aliphatic heterocycles. The van der Waals surface area contributed by atoms with Gasteiger partial charge in [0, 0.05) is 12.6 Å². The summed E-state index contributed by atoms with van der Waals surface area (Å²) in [6.45, 7) is 2.51. The van der Waals surface area contributed by atoms with Crippen LogP contribution in [0, 0.1) is 5.82 Å². The number of nitrogens with one attached hydrogen (secondary N) is 1. The first kappa shape index (κ1) is 15.9. The van der Waals surface area contributed by atoms with Gasteiger partial charge in [0.05, 0.1) is 5.41 Å². The predicted molar refractivity (Wildman–Crippen MR) is 75.8 cm³/mol. The third kappa shape index (κ3) is 3.67. The molecule has 1 unspecified atom stereocenters.